The lowest BCUT2D eigenvalue weighted by Gasteiger charge is -2.18. The molecular weight excluding hydrogens is 432 g/mol. The van der Waals surface area contributed by atoms with Gasteiger partial charge in [0.1, 0.15) is 11.3 Å². The van der Waals surface area contributed by atoms with Crippen LogP contribution in [0.4, 0.5) is 0 Å². The smallest absolute Gasteiger partial charge is 0.332 e. The SMILES string of the molecule is CCCn1c(C(=O)N2CCC(S(=O)(=O)c3ccccc3)C2)cc2c(=O)n(C)c(=O)n(C)c21. The summed E-state index contributed by atoms with van der Waals surface area (Å²) in [6, 6.07) is 9.77. The first-order chi connectivity index (χ1) is 15.2. The summed E-state index contributed by atoms with van der Waals surface area (Å²) >= 11 is 0. The maximum absolute atomic E-state index is 13.4. The monoisotopic (exact) mass is 458 g/mol. The third-order valence-electron chi connectivity index (χ3n) is 6.10. The van der Waals surface area contributed by atoms with E-state index >= 15 is 0 Å². The van der Waals surface area contributed by atoms with Gasteiger partial charge >= 0.3 is 5.69 Å². The Kier molecular flexibility index (Phi) is 5.58. The van der Waals surface area contributed by atoms with E-state index in [0.717, 1.165) is 4.57 Å². The number of nitrogens with zero attached hydrogens (tertiary/aromatic N) is 4. The van der Waals surface area contributed by atoms with Gasteiger partial charge in [-0.25, -0.2) is 13.2 Å². The molecule has 1 fully saturated rings. The summed E-state index contributed by atoms with van der Waals surface area (Å²) in [6.07, 6.45) is 1.04. The quantitative estimate of drug-likeness (QED) is 0.570. The van der Waals surface area contributed by atoms with Crippen LogP contribution in [0.1, 0.15) is 30.3 Å². The lowest BCUT2D eigenvalue weighted by Crippen LogP contribution is -2.37. The number of rotatable bonds is 5. The molecule has 2 aromatic heterocycles. The normalized spacial score (nSPS) is 16.7. The average molecular weight is 459 g/mol. The molecule has 3 heterocycles. The molecular formula is C22H26N4O5S. The fourth-order valence-corrected chi connectivity index (χ4v) is 6.11. The zero-order chi connectivity index (χ0) is 23.2. The van der Waals surface area contributed by atoms with Crippen molar-refractivity contribution in [3.63, 3.8) is 0 Å². The average Bonchev–Trinajstić information content (AvgIpc) is 3.43. The standard InChI is InChI=1S/C22H26N4O5S/c1-4-11-26-18(13-17-19(26)23(2)22(29)24(3)20(17)27)21(28)25-12-10-16(14-25)32(30,31)15-8-6-5-7-9-15/h5-9,13,16H,4,10-12,14H2,1-3H3. The molecule has 32 heavy (non-hydrogen) atoms. The van der Waals surface area contributed by atoms with E-state index in [9.17, 15) is 22.8 Å². The van der Waals surface area contributed by atoms with Crippen molar-refractivity contribution in [3.05, 3.63) is 62.9 Å². The van der Waals surface area contributed by atoms with Gasteiger partial charge < -0.3 is 9.47 Å². The molecule has 10 heteroatoms. The molecule has 1 aliphatic rings. The summed E-state index contributed by atoms with van der Waals surface area (Å²) in [5, 5.41) is -0.394. The number of aryl methyl sites for hydroxylation is 2. The molecule has 0 aliphatic carbocycles. The van der Waals surface area contributed by atoms with E-state index in [1.54, 1.807) is 41.9 Å². The van der Waals surface area contributed by atoms with Crippen LogP contribution in [-0.4, -0.2) is 51.3 Å². The maximum atomic E-state index is 13.4. The van der Waals surface area contributed by atoms with Crippen LogP contribution < -0.4 is 11.2 Å². The summed E-state index contributed by atoms with van der Waals surface area (Å²) in [6.45, 7) is 2.78. The first-order valence-electron chi connectivity index (χ1n) is 10.6. The van der Waals surface area contributed by atoms with E-state index in [0.29, 0.717) is 37.0 Å². The molecule has 3 aromatic rings. The Labute approximate surface area is 185 Å². The van der Waals surface area contributed by atoms with Crippen LogP contribution in [0.25, 0.3) is 11.0 Å². The number of carbonyl (C=O) groups is 1. The summed E-state index contributed by atoms with van der Waals surface area (Å²) in [5.41, 5.74) is -0.237. The van der Waals surface area contributed by atoms with Crippen molar-refractivity contribution >= 4 is 26.8 Å². The third-order valence-corrected chi connectivity index (χ3v) is 8.30. The first-order valence-corrected chi connectivity index (χ1v) is 12.1. The van der Waals surface area contributed by atoms with Gasteiger partial charge in [-0.2, -0.15) is 0 Å². The van der Waals surface area contributed by atoms with Crippen molar-refractivity contribution in [3.8, 4) is 0 Å². The molecule has 9 nitrogen and oxygen atoms in total. The van der Waals surface area contributed by atoms with Crippen LogP contribution in [0.2, 0.25) is 0 Å². The number of benzene rings is 1. The molecule has 0 bridgehead atoms. The van der Waals surface area contributed by atoms with Gasteiger partial charge in [0.05, 0.1) is 15.5 Å². The van der Waals surface area contributed by atoms with Crippen molar-refractivity contribution in [1.82, 2.24) is 18.6 Å². The van der Waals surface area contributed by atoms with Crippen molar-refractivity contribution in [2.75, 3.05) is 13.1 Å². The minimum atomic E-state index is -3.56. The number of amides is 1. The number of aromatic nitrogens is 3. The Bertz CT molecular complexity index is 1420. The lowest BCUT2D eigenvalue weighted by atomic mass is 10.3. The zero-order valence-electron chi connectivity index (χ0n) is 18.3. The maximum Gasteiger partial charge on any atom is 0.332 e. The highest BCUT2D eigenvalue weighted by atomic mass is 32.2. The molecule has 1 saturated heterocycles. The van der Waals surface area contributed by atoms with Crippen molar-refractivity contribution in [2.45, 2.75) is 36.5 Å². The number of likely N-dealkylation sites (tertiary alicyclic amines) is 1. The van der Waals surface area contributed by atoms with Crippen LogP contribution in [0.15, 0.2) is 50.9 Å². The fraction of sp³-hybridized carbons (Fsp3) is 0.409. The number of hydrogen-bond acceptors (Lipinski definition) is 5. The summed E-state index contributed by atoms with van der Waals surface area (Å²) in [4.78, 5) is 40.3. The Morgan fingerprint density at radius 1 is 1.09 bits per heavy atom. The van der Waals surface area contributed by atoms with Gasteiger partial charge in [0.25, 0.3) is 11.5 Å². The Morgan fingerprint density at radius 3 is 2.44 bits per heavy atom. The molecule has 1 aliphatic heterocycles. The highest BCUT2D eigenvalue weighted by Gasteiger charge is 2.37. The van der Waals surface area contributed by atoms with E-state index < -0.39 is 26.3 Å². The molecule has 0 radical (unpaired) electrons. The van der Waals surface area contributed by atoms with E-state index in [-0.39, 0.29) is 23.0 Å². The van der Waals surface area contributed by atoms with Gasteiger partial charge in [0.15, 0.2) is 9.84 Å². The number of carbonyl (C=O) groups excluding carboxylic acids is 1. The van der Waals surface area contributed by atoms with E-state index in [1.165, 1.54) is 22.6 Å². The lowest BCUT2D eigenvalue weighted by molar-refractivity contribution is 0.0782. The predicted octanol–water partition coefficient (Wildman–Crippen LogP) is 1.14. The van der Waals surface area contributed by atoms with Gasteiger partial charge in [0, 0.05) is 33.7 Å². The minimum Gasteiger partial charge on any atom is -0.336 e. The highest BCUT2D eigenvalue weighted by Crippen LogP contribution is 2.26. The minimum absolute atomic E-state index is 0.0840. The van der Waals surface area contributed by atoms with Crippen molar-refractivity contribution < 1.29 is 13.2 Å². The van der Waals surface area contributed by atoms with Gasteiger partial charge in [-0.1, -0.05) is 25.1 Å². The molecule has 4 rings (SSSR count). The second-order valence-electron chi connectivity index (χ2n) is 8.14. The first kappa shape index (κ1) is 22.1. The second-order valence-corrected chi connectivity index (χ2v) is 10.4. The zero-order valence-corrected chi connectivity index (χ0v) is 19.1. The fourth-order valence-electron chi connectivity index (χ4n) is 4.40. The van der Waals surface area contributed by atoms with Gasteiger partial charge in [0.2, 0.25) is 0 Å². The van der Waals surface area contributed by atoms with Gasteiger partial charge in [-0.05, 0) is 31.0 Å². The molecule has 0 spiro atoms. The van der Waals surface area contributed by atoms with E-state index in [2.05, 4.69) is 0 Å². The van der Waals surface area contributed by atoms with Gasteiger partial charge in [-0.3, -0.25) is 18.7 Å². The Hall–Kier alpha value is -3.14. The van der Waals surface area contributed by atoms with Gasteiger partial charge in [-0.15, -0.1) is 0 Å². The number of sulfone groups is 1. The van der Waals surface area contributed by atoms with Crippen LogP contribution in [0, 0.1) is 0 Å². The third kappa shape index (κ3) is 3.38. The predicted molar refractivity (Wildman–Crippen MR) is 121 cm³/mol. The van der Waals surface area contributed by atoms with Crippen LogP contribution >= 0.6 is 0 Å². The van der Waals surface area contributed by atoms with E-state index in [1.807, 2.05) is 6.92 Å². The Morgan fingerprint density at radius 2 is 1.78 bits per heavy atom. The highest BCUT2D eigenvalue weighted by molar-refractivity contribution is 7.92. The largest absolute Gasteiger partial charge is 0.336 e. The van der Waals surface area contributed by atoms with Crippen LogP contribution in [0.3, 0.4) is 0 Å². The number of fused-ring (bicyclic) bond motifs is 1. The molecule has 1 aromatic carbocycles. The van der Waals surface area contributed by atoms with Crippen molar-refractivity contribution in [2.24, 2.45) is 14.1 Å². The van der Waals surface area contributed by atoms with Crippen LogP contribution in [-0.2, 0) is 30.5 Å². The van der Waals surface area contributed by atoms with Crippen LogP contribution in [0.5, 0.6) is 0 Å². The summed E-state index contributed by atoms with van der Waals surface area (Å²) in [5.74, 6) is -0.338. The molecule has 170 valence electrons. The molecule has 1 unspecified atom stereocenters. The molecule has 0 N–H and O–H groups in total. The molecule has 1 atom stereocenters. The summed E-state index contributed by atoms with van der Waals surface area (Å²) in [7, 11) is -0.579. The summed E-state index contributed by atoms with van der Waals surface area (Å²) < 4.78 is 30.1. The Balaban J connectivity index is 1.73. The van der Waals surface area contributed by atoms with E-state index in [4.69, 9.17) is 0 Å². The van der Waals surface area contributed by atoms with Crippen molar-refractivity contribution in [1.29, 1.82) is 0 Å². The second kappa shape index (κ2) is 8.09. The number of hydrogen-bond donors (Lipinski definition) is 0. The topological polar surface area (TPSA) is 103 Å². The molecule has 1 amide bonds. The molecule has 0 saturated carbocycles.